The summed E-state index contributed by atoms with van der Waals surface area (Å²) in [6.07, 6.45) is 0. The molecular weight excluding hydrogens is 330 g/mol. The van der Waals surface area contributed by atoms with Crippen LogP contribution in [-0.2, 0) is 6.54 Å². The van der Waals surface area contributed by atoms with Gasteiger partial charge < -0.3 is 0 Å². The fourth-order valence-electron chi connectivity index (χ4n) is 3.02. The lowest BCUT2D eigenvalue weighted by atomic mass is 10.2. The van der Waals surface area contributed by atoms with E-state index in [4.69, 9.17) is 0 Å². The highest BCUT2D eigenvalue weighted by atomic mass is 16.1. The number of nitrogens with one attached hydrogen (secondary N) is 1. The molecule has 26 heavy (non-hydrogen) atoms. The largest absolute Gasteiger partial charge is 0.303 e. The van der Waals surface area contributed by atoms with Crippen molar-refractivity contribution in [3.8, 4) is 11.3 Å². The molecule has 3 heterocycles. The van der Waals surface area contributed by atoms with Crippen LogP contribution in [0.5, 0.6) is 0 Å². The molecule has 0 aliphatic rings. The fourth-order valence-corrected chi connectivity index (χ4v) is 3.02. The van der Waals surface area contributed by atoms with E-state index in [1.165, 1.54) is 0 Å². The zero-order chi connectivity index (χ0) is 17.5. The maximum atomic E-state index is 12.5. The molecule has 0 saturated carbocycles. The predicted molar refractivity (Wildman–Crippen MR) is 95.7 cm³/mol. The summed E-state index contributed by atoms with van der Waals surface area (Å²) >= 11 is 0. The number of nitrogens with zero attached hydrogens (tertiary/aromatic N) is 6. The fraction of sp³-hybridized carbons (Fsp3) is 0.0556. The minimum absolute atomic E-state index is 0.210. The molecule has 0 atom stereocenters. The monoisotopic (exact) mass is 343 g/mol. The second-order valence-corrected chi connectivity index (χ2v) is 5.91. The first-order valence-corrected chi connectivity index (χ1v) is 8.11. The molecule has 0 fully saturated rings. The van der Waals surface area contributed by atoms with Gasteiger partial charge in [0.15, 0.2) is 16.8 Å². The van der Waals surface area contributed by atoms with Crippen molar-refractivity contribution in [2.75, 3.05) is 0 Å². The zero-order valence-corrected chi connectivity index (χ0v) is 13.6. The van der Waals surface area contributed by atoms with Crippen molar-refractivity contribution in [1.82, 2.24) is 34.8 Å². The third kappa shape index (κ3) is 2.20. The average molecular weight is 343 g/mol. The van der Waals surface area contributed by atoms with Crippen LogP contribution in [0.3, 0.4) is 0 Å². The highest BCUT2D eigenvalue weighted by Gasteiger charge is 2.18. The molecule has 1 N–H and O–H groups in total. The SMILES string of the molecule is O=c1nc2c(-c3ccccc3)n[nH]n2c2c1nnn2Cc1ccccc1. The zero-order valence-electron chi connectivity index (χ0n) is 13.6. The highest BCUT2D eigenvalue weighted by Crippen LogP contribution is 2.21. The number of aromatic amines is 1. The van der Waals surface area contributed by atoms with Gasteiger partial charge in [-0.15, -0.1) is 5.10 Å². The number of aromatic nitrogens is 7. The second kappa shape index (κ2) is 5.62. The number of hydrogen-bond donors (Lipinski definition) is 1. The van der Waals surface area contributed by atoms with E-state index in [2.05, 4.69) is 25.6 Å². The van der Waals surface area contributed by atoms with E-state index in [0.717, 1.165) is 11.1 Å². The Morgan fingerprint density at radius 2 is 1.69 bits per heavy atom. The van der Waals surface area contributed by atoms with Crippen LogP contribution in [0.25, 0.3) is 28.1 Å². The van der Waals surface area contributed by atoms with Gasteiger partial charge in [-0.3, -0.25) is 4.79 Å². The molecule has 0 bridgehead atoms. The topological polar surface area (TPSA) is 93.8 Å². The third-order valence-corrected chi connectivity index (χ3v) is 4.24. The summed E-state index contributed by atoms with van der Waals surface area (Å²) in [5, 5.41) is 15.4. The smallest absolute Gasteiger partial charge is 0.265 e. The first-order chi connectivity index (χ1) is 12.8. The van der Waals surface area contributed by atoms with Gasteiger partial charge in [-0.2, -0.15) is 14.6 Å². The Morgan fingerprint density at radius 1 is 0.962 bits per heavy atom. The molecule has 126 valence electrons. The first kappa shape index (κ1) is 14.5. The first-order valence-electron chi connectivity index (χ1n) is 8.11. The van der Waals surface area contributed by atoms with Crippen molar-refractivity contribution >= 4 is 16.8 Å². The quantitative estimate of drug-likeness (QED) is 0.540. The van der Waals surface area contributed by atoms with Crippen LogP contribution in [0.1, 0.15) is 5.56 Å². The molecule has 2 aromatic carbocycles. The molecule has 0 amide bonds. The number of fused-ring (bicyclic) bond motifs is 3. The second-order valence-electron chi connectivity index (χ2n) is 5.91. The minimum atomic E-state index is -0.419. The highest BCUT2D eigenvalue weighted by molar-refractivity contribution is 5.79. The third-order valence-electron chi connectivity index (χ3n) is 4.24. The molecule has 0 saturated heterocycles. The van der Waals surface area contributed by atoms with E-state index in [0.29, 0.717) is 23.5 Å². The predicted octanol–water partition coefficient (Wildman–Crippen LogP) is 1.88. The Kier molecular flexibility index (Phi) is 3.14. The van der Waals surface area contributed by atoms with Crippen molar-refractivity contribution in [2.24, 2.45) is 0 Å². The van der Waals surface area contributed by atoms with E-state index in [1.54, 1.807) is 9.20 Å². The summed E-state index contributed by atoms with van der Waals surface area (Å²) in [6.45, 7) is 0.489. The summed E-state index contributed by atoms with van der Waals surface area (Å²) in [6, 6.07) is 19.5. The van der Waals surface area contributed by atoms with Gasteiger partial charge in [0.05, 0.1) is 6.54 Å². The van der Waals surface area contributed by atoms with Crippen LogP contribution >= 0.6 is 0 Å². The molecule has 5 aromatic rings. The summed E-state index contributed by atoms with van der Waals surface area (Å²) < 4.78 is 3.33. The van der Waals surface area contributed by atoms with Crippen molar-refractivity contribution in [3.05, 3.63) is 76.6 Å². The minimum Gasteiger partial charge on any atom is -0.265 e. The van der Waals surface area contributed by atoms with E-state index >= 15 is 0 Å². The van der Waals surface area contributed by atoms with Crippen LogP contribution in [0.15, 0.2) is 65.5 Å². The van der Waals surface area contributed by atoms with Crippen LogP contribution in [0, 0.1) is 0 Å². The van der Waals surface area contributed by atoms with Crippen molar-refractivity contribution < 1.29 is 0 Å². The van der Waals surface area contributed by atoms with E-state index in [-0.39, 0.29) is 5.52 Å². The molecule has 5 rings (SSSR count). The van der Waals surface area contributed by atoms with Gasteiger partial charge in [0.25, 0.3) is 0 Å². The lowest BCUT2D eigenvalue weighted by molar-refractivity contribution is 0.653. The lowest BCUT2D eigenvalue weighted by Gasteiger charge is -2.03. The van der Waals surface area contributed by atoms with Crippen molar-refractivity contribution in [1.29, 1.82) is 0 Å². The normalized spacial score (nSPS) is 11.4. The van der Waals surface area contributed by atoms with Crippen LogP contribution in [-0.4, -0.2) is 34.8 Å². The van der Waals surface area contributed by atoms with Gasteiger partial charge in [-0.1, -0.05) is 65.9 Å². The summed E-state index contributed by atoms with van der Waals surface area (Å²) in [4.78, 5) is 16.6. The van der Waals surface area contributed by atoms with Crippen molar-refractivity contribution in [3.63, 3.8) is 0 Å². The van der Waals surface area contributed by atoms with Gasteiger partial charge in [0, 0.05) is 5.56 Å². The number of rotatable bonds is 3. The maximum absolute atomic E-state index is 12.5. The summed E-state index contributed by atoms with van der Waals surface area (Å²) in [5.74, 6) is 0. The van der Waals surface area contributed by atoms with Gasteiger partial charge in [-0.05, 0) is 5.56 Å². The standard InChI is InChI=1S/C18H13N7O/c26-17-15-18(24(22-21-15)11-12-7-3-1-4-8-12)25-16(19-17)14(20-23-25)13-9-5-2-6-10-13/h1-10,23H,11H2. The Bertz CT molecular complexity index is 1270. The van der Waals surface area contributed by atoms with Crippen LogP contribution in [0.4, 0.5) is 0 Å². The lowest BCUT2D eigenvalue weighted by Crippen LogP contribution is -2.12. The Morgan fingerprint density at radius 3 is 2.46 bits per heavy atom. The Labute approximate surface area is 146 Å². The summed E-state index contributed by atoms with van der Waals surface area (Å²) in [7, 11) is 0. The van der Waals surface area contributed by atoms with E-state index < -0.39 is 5.56 Å². The van der Waals surface area contributed by atoms with Gasteiger partial charge in [0.2, 0.25) is 0 Å². The Balaban J connectivity index is 1.76. The maximum Gasteiger partial charge on any atom is 0.303 e. The van der Waals surface area contributed by atoms with Gasteiger partial charge >= 0.3 is 5.56 Å². The molecular formula is C18H13N7O. The number of benzene rings is 2. The molecule has 8 heteroatoms. The van der Waals surface area contributed by atoms with Crippen molar-refractivity contribution in [2.45, 2.75) is 6.54 Å². The molecule has 3 aromatic heterocycles. The molecule has 8 nitrogen and oxygen atoms in total. The van der Waals surface area contributed by atoms with Crippen LogP contribution in [0.2, 0.25) is 0 Å². The molecule has 0 aliphatic heterocycles. The summed E-state index contributed by atoms with van der Waals surface area (Å²) in [5.41, 5.74) is 3.32. The van der Waals surface area contributed by atoms with Crippen LogP contribution < -0.4 is 5.56 Å². The van der Waals surface area contributed by atoms with E-state index in [9.17, 15) is 4.79 Å². The number of hydrogen-bond acceptors (Lipinski definition) is 5. The van der Waals surface area contributed by atoms with Gasteiger partial charge in [-0.25, -0.2) is 9.90 Å². The van der Waals surface area contributed by atoms with E-state index in [1.807, 2.05) is 60.7 Å². The van der Waals surface area contributed by atoms with Gasteiger partial charge in [0.1, 0.15) is 5.69 Å². The molecule has 0 aliphatic carbocycles. The number of H-pyrrole nitrogens is 1. The Hall–Kier alpha value is -3.81. The molecule has 0 radical (unpaired) electrons. The molecule has 0 spiro atoms. The average Bonchev–Trinajstić information content (AvgIpc) is 3.28. The molecule has 0 unspecified atom stereocenters.